The number of nitriles is 1. The Kier molecular flexibility index (Phi) is 7.06. The van der Waals surface area contributed by atoms with E-state index in [1.807, 2.05) is 60.2 Å². The molecule has 7 heteroatoms. The number of benzene rings is 1. The quantitative estimate of drug-likeness (QED) is 0.336. The van der Waals surface area contributed by atoms with Gasteiger partial charge in [0.1, 0.15) is 11.6 Å². The molecule has 3 rings (SSSR count). The van der Waals surface area contributed by atoms with Crippen LogP contribution in [-0.4, -0.2) is 23.1 Å². The molecule has 0 fully saturated rings. The van der Waals surface area contributed by atoms with Crippen LogP contribution in [0, 0.1) is 25.2 Å². The van der Waals surface area contributed by atoms with E-state index in [0.29, 0.717) is 18.7 Å². The molecule has 0 aliphatic heterocycles. The molecule has 0 saturated heterocycles. The summed E-state index contributed by atoms with van der Waals surface area (Å²) in [5.41, 5.74) is 4.04. The molecular weight excluding hydrogens is 410 g/mol. The van der Waals surface area contributed by atoms with Crippen molar-refractivity contribution in [3.63, 3.8) is 0 Å². The first-order valence-electron chi connectivity index (χ1n) is 9.83. The molecule has 6 nitrogen and oxygen atoms in total. The molecular formula is C24H23N3O3S. The molecule has 158 valence electrons. The number of nitrogens with one attached hydrogen (secondary N) is 1. The van der Waals surface area contributed by atoms with Crippen LogP contribution in [0.15, 0.2) is 53.4 Å². The zero-order valence-electron chi connectivity index (χ0n) is 17.6. The standard InChI is InChI=1S/C24H23N3O3S/c1-4-30-24(29)18-7-9-21(10-8-18)27-16(2)12-19(17(27)3)13-20(14-25)23(28)26-15-22-6-5-11-31-22/h5-13H,4,15H2,1-3H3,(H,26,28)/b20-13+. The topological polar surface area (TPSA) is 84.1 Å². The molecule has 0 unspecified atom stereocenters. The first-order chi connectivity index (χ1) is 14.9. The van der Waals surface area contributed by atoms with Crippen LogP contribution in [0.1, 0.15) is 39.1 Å². The fraction of sp³-hybridized carbons (Fsp3) is 0.208. The number of thiophene rings is 1. The molecule has 3 aromatic rings. The van der Waals surface area contributed by atoms with Crippen LogP contribution in [0.5, 0.6) is 0 Å². The van der Waals surface area contributed by atoms with Gasteiger partial charge in [-0.3, -0.25) is 4.79 Å². The molecule has 0 saturated carbocycles. The van der Waals surface area contributed by atoms with E-state index in [4.69, 9.17) is 4.74 Å². The number of carbonyl (C=O) groups excluding carboxylic acids is 2. The number of rotatable bonds is 7. The van der Waals surface area contributed by atoms with E-state index in [-0.39, 0.29) is 11.5 Å². The van der Waals surface area contributed by atoms with Gasteiger partial charge in [-0.15, -0.1) is 11.3 Å². The lowest BCUT2D eigenvalue weighted by Crippen LogP contribution is -2.23. The van der Waals surface area contributed by atoms with E-state index in [1.165, 1.54) is 0 Å². The van der Waals surface area contributed by atoms with E-state index in [0.717, 1.165) is 27.5 Å². The summed E-state index contributed by atoms with van der Waals surface area (Å²) in [7, 11) is 0. The Morgan fingerprint density at radius 2 is 1.97 bits per heavy atom. The van der Waals surface area contributed by atoms with Gasteiger partial charge < -0.3 is 14.6 Å². The van der Waals surface area contributed by atoms with Crippen molar-refractivity contribution in [3.8, 4) is 11.8 Å². The number of aromatic nitrogens is 1. The summed E-state index contributed by atoms with van der Waals surface area (Å²) in [5.74, 6) is -0.759. The Morgan fingerprint density at radius 3 is 2.58 bits per heavy atom. The normalized spacial score (nSPS) is 11.1. The first kappa shape index (κ1) is 22.1. The zero-order valence-corrected chi connectivity index (χ0v) is 18.5. The summed E-state index contributed by atoms with van der Waals surface area (Å²) in [6.45, 7) is 6.37. The fourth-order valence-corrected chi connectivity index (χ4v) is 3.92. The minimum Gasteiger partial charge on any atom is -0.462 e. The molecule has 2 heterocycles. The number of hydrogen-bond donors (Lipinski definition) is 1. The van der Waals surface area contributed by atoms with Crippen molar-refractivity contribution in [2.75, 3.05) is 6.61 Å². The SMILES string of the molecule is CCOC(=O)c1ccc(-n2c(C)cc(/C=C(\C#N)C(=O)NCc3cccs3)c2C)cc1. The van der Waals surface area contributed by atoms with Gasteiger partial charge in [0.2, 0.25) is 0 Å². The summed E-state index contributed by atoms with van der Waals surface area (Å²) in [6.07, 6.45) is 1.61. The van der Waals surface area contributed by atoms with Crippen LogP contribution >= 0.6 is 11.3 Å². The van der Waals surface area contributed by atoms with Crippen molar-refractivity contribution >= 4 is 29.3 Å². The lowest BCUT2D eigenvalue weighted by molar-refractivity contribution is -0.117. The Hall–Kier alpha value is -3.63. The Balaban J connectivity index is 1.83. The minimum absolute atomic E-state index is 0.0504. The van der Waals surface area contributed by atoms with E-state index in [9.17, 15) is 14.9 Å². The molecule has 2 aromatic heterocycles. The zero-order chi connectivity index (χ0) is 22.4. The number of aryl methyl sites for hydroxylation is 1. The maximum absolute atomic E-state index is 12.5. The molecule has 0 spiro atoms. The fourth-order valence-electron chi connectivity index (χ4n) is 3.27. The van der Waals surface area contributed by atoms with Crippen LogP contribution in [0.4, 0.5) is 0 Å². The average Bonchev–Trinajstić information content (AvgIpc) is 3.38. The Morgan fingerprint density at radius 1 is 1.23 bits per heavy atom. The summed E-state index contributed by atoms with van der Waals surface area (Å²) >= 11 is 1.55. The van der Waals surface area contributed by atoms with E-state index in [1.54, 1.807) is 36.5 Å². The summed E-state index contributed by atoms with van der Waals surface area (Å²) in [6, 6.07) is 14.9. The predicted molar refractivity (Wildman–Crippen MR) is 121 cm³/mol. The van der Waals surface area contributed by atoms with Crippen LogP contribution in [0.3, 0.4) is 0 Å². The van der Waals surface area contributed by atoms with Gasteiger partial charge in [0, 0.05) is 22.0 Å². The van der Waals surface area contributed by atoms with Crippen molar-refractivity contribution in [2.24, 2.45) is 0 Å². The number of nitrogens with zero attached hydrogens (tertiary/aromatic N) is 2. The molecule has 0 bridgehead atoms. The van der Waals surface area contributed by atoms with Gasteiger partial charge in [-0.1, -0.05) is 6.07 Å². The number of hydrogen-bond acceptors (Lipinski definition) is 5. The van der Waals surface area contributed by atoms with Crippen LogP contribution in [0.2, 0.25) is 0 Å². The van der Waals surface area contributed by atoms with Crippen molar-refractivity contribution in [3.05, 3.63) is 80.8 Å². The lowest BCUT2D eigenvalue weighted by atomic mass is 10.1. The highest BCUT2D eigenvalue weighted by Gasteiger charge is 2.14. The van der Waals surface area contributed by atoms with Crippen molar-refractivity contribution in [1.29, 1.82) is 5.26 Å². The number of esters is 1. The number of amides is 1. The molecule has 1 aromatic carbocycles. The smallest absolute Gasteiger partial charge is 0.338 e. The van der Waals surface area contributed by atoms with E-state index in [2.05, 4.69) is 5.32 Å². The van der Waals surface area contributed by atoms with Crippen LogP contribution in [-0.2, 0) is 16.1 Å². The summed E-state index contributed by atoms with van der Waals surface area (Å²) in [4.78, 5) is 25.3. The summed E-state index contributed by atoms with van der Waals surface area (Å²) in [5, 5.41) is 14.2. The molecule has 0 atom stereocenters. The molecule has 0 aliphatic rings. The highest BCUT2D eigenvalue weighted by atomic mass is 32.1. The largest absolute Gasteiger partial charge is 0.462 e. The van der Waals surface area contributed by atoms with Gasteiger partial charge in [-0.25, -0.2) is 4.79 Å². The van der Waals surface area contributed by atoms with Crippen LogP contribution < -0.4 is 5.32 Å². The predicted octanol–water partition coefficient (Wildman–Crippen LogP) is 4.56. The van der Waals surface area contributed by atoms with Gasteiger partial charge in [-0.2, -0.15) is 5.26 Å². The first-order valence-corrected chi connectivity index (χ1v) is 10.7. The van der Waals surface area contributed by atoms with Crippen molar-refractivity contribution < 1.29 is 14.3 Å². The van der Waals surface area contributed by atoms with Gasteiger partial charge >= 0.3 is 5.97 Å². The van der Waals surface area contributed by atoms with Crippen molar-refractivity contribution in [1.82, 2.24) is 9.88 Å². The third-order valence-corrected chi connectivity index (χ3v) is 5.65. The maximum atomic E-state index is 12.5. The van der Waals surface area contributed by atoms with E-state index >= 15 is 0 Å². The molecule has 0 radical (unpaired) electrons. The molecule has 1 N–H and O–H groups in total. The maximum Gasteiger partial charge on any atom is 0.338 e. The number of carbonyl (C=O) groups is 2. The summed E-state index contributed by atoms with van der Waals surface area (Å²) < 4.78 is 7.04. The van der Waals surface area contributed by atoms with Gasteiger partial charge in [-0.05, 0) is 74.2 Å². The Bertz CT molecular complexity index is 1150. The van der Waals surface area contributed by atoms with Crippen LogP contribution in [0.25, 0.3) is 11.8 Å². The van der Waals surface area contributed by atoms with Crippen molar-refractivity contribution in [2.45, 2.75) is 27.3 Å². The highest BCUT2D eigenvalue weighted by molar-refractivity contribution is 7.09. The third-order valence-electron chi connectivity index (χ3n) is 4.78. The Labute approximate surface area is 185 Å². The lowest BCUT2D eigenvalue weighted by Gasteiger charge is -2.10. The van der Waals surface area contributed by atoms with E-state index < -0.39 is 5.91 Å². The number of ether oxygens (including phenoxy) is 1. The third kappa shape index (κ3) is 5.11. The van der Waals surface area contributed by atoms with Gasteiger partial charge in [0.05, 0.1) is 18.7 Å². The van der Waals surface area contributed by atoms with Gasteiger partial charge in [0.15, 0.2) is 0 Å². The second-order valence-electron chi connectivity index (χ2n) is 6.86. The molecule has 31 heavy (non-hydrogen) atoms. The van der Waals surface area contributed by atoms with Gasteiger partial charge in [0.25, 0.3) is 5.91 Å². The highest BCUT2D eigenvalue weighted by Crippen LogP contribution is 2.23. The average molecular weight is 434 g/mol. The monoisotopic (exact) mass is 433 g/mol. The molecule has 1 amide bonds. The molecule has 0 aliphatic carbocycles. The second kappa shape index (κ2) is 9.92. The minimum atomic E-state index is -0.403. The second-order valence-corrected chi connectivity index (χ2v) is 7.89.